The summed E-state index contributed by atoms with van der Waals surface area (Å²) in [5.74, 6) is -1.92. The monoisotopic (exact) mass is 263 g/mol. The first-order chi connectivity index (χ1) is 9.06. The molecule has 0 aliphatic heterocycles. The normalized spacial score (nSPS) is 17.4. The molecule has 0 spiro atoms. The van der Waals surface area contributed by atoms with Crippen molar-refractivity contribution in [3.05, 3.63) is 41.7 Å². The predicted octanol–water partition coefficient (Wildman–Crippen LogP) is 2.82. The van der Waals surface area contributed by atoms with E-state index in [1.807, 2.05) is 12.2 Å². The Labute approximate surface area is 109 Å². The Morgan fingerprint density at radius 3 is 2.84 bits per heavy atom. The Kier molecular flexibility index (Phi) is 3.94. The van der Waals surface area contributed by atoms with Crippen LogP contribution in [0.25, 0.3) is 0 Å². The van der Waals surface area contributed by atoms with Crippen LogP contribution in [-0.2, 0) is 4.79 Å². The number of carboxylic acids is 1. The summed E-state index contributed by atoms with van der Waals surface area (Å²) in [7, 11) is 0. The van der Waals surface area contributed by atoms with Gasteiger partial charge in [-0.3, -0.25) is 4.79 Å². The van der Waals surface area contributed by atoms with E-state index in [0.29, 0.717) is 0 Å². The third-order valence-corrected chi connectivity index (χ3v) is 3.05. The smallest absolute Gasteiger partial charge is 0.335 e. The number of carbonyl (C=O) groups is 2. The number of hydrogen-bond acceptors (Lipinski definition) is 2. The maximum Gasteiger partial charge on any atom is 0.335 e. The summed E-state index contributed by atoms with van der Waals surface area (Å²) in [5.41, 5.74) is -0.149. The summed E-state index contributed by atoms with van der Waals surface area (Å²) in [4.78, 5) is 22.5. The van der Waals surface area contributed by atoms with Crippen molar-refractivity contribution in [2.45, 2.75) is 19.3 Å². The van der Waals surface area contributed by atoms with E-state index in [-0.39, 0.29) is 29.5 Å². The minimum atomic E-state index is -1.16. The zero-order valence-electron chi connectivity index (χ0n) is 10.2. The van der Waals surface area contributed by atoms with Crippen molar-refractivity contribution in [3.8, 4) is 0 Å². The Morgan fingerprint density at radius 1 is 1.42 bits per heavy atom. The summed E-state index contributed by atoms with van der Waals surface area (Å²) >= 11 is 0. The summed E-state index contributed by atoms with van der Waals surface area (Å²) in [6, 6.07) is 3.32. The number of nitrogens with one attached hydrogen (secondary N) is 1. The molecule has 1 aliphatic carbocycles. The maximum atomic E-state index is 13.5. The lowest BCUT2D eigenvalue weighted by Crippen LogP contribution is -2.16. The second-order valence-corrected chi connectivity index (χ2v) is 4.52. The van der Waals surface area contributed by atoms with E-state index >= 15 is 0 Å². The van der Waals surface area contributed by atoms with E-state index in [9.17, 15) is 14.0 Å². The highest BCUT2D eigenvalue weighted by molar-refractivity contribution is 5.94. The van der Waals surface area contributed by atoms with Crippen LogP contribution in [0.4, 0.5) is 10.1 Å². The van der Waals surface area contributed by atoms with Gasteiger partial charge < -0.3 is 10.4 Å². The van der Waals surface area contributed by atoms with Crippen molar-refractivity contribution in [3.63, 3.8) is 0 Å². The van der Waals surface area contributed by atoms with Gasteiger partial charge in [-0.05, 0) is 37.0 Å². The second kappa shape index (κ2) is 5.65. The van der Waals surface area contributed by atoms with Gasteiger partial charge in [-0.15, -0.1) is 0 Å². The van der Waals surface area contributed by atoms with Crippen LogP contribution in [0.2, 0.25) is 0 Å². The van der Waals surface area contributed by atoms with Crippen molar-refractivity contribution in [1.82, 2.24) is 0 Å². The lowest BCUT2D eigenvalue weighted by Gasteiger charge is -2.10. The summed E-state index contributed by atoms with van der Waals surface area (Å²) in [6.45, 7) is 0. The molecule has 0 radical (unpaired) electrons. The van der Waals surface area contributed by atoms with Crippen LogP contribution < -0.4 is 5.32 Å². The third-order valence-electron chi connectivity index (χ3n) is 3.05. The summed E-state index contributed by atoms with van der Waals surface area (Å²) in [6.07, 6.45) is 6.16. The molecule has 5 heteroatoms. The average molecular weight is 263 g/mol. The number of hydrogen-bond donors (Lipinski definition) is 2. The molecule has 2 N–H and O–H groups in total. The zero-order chi connectivity index (χ0) is 13.8. The first-order valence-electron chi connectivity index (χ1n) is 6.05. The largest absolute Gasteiger partial charge is 0.478 e. The van der Waals surface area contributed by atoms with Crippen LogP contribution in [0.3, 0.4) is 0 Å². The molecule has 1 aromatic rings. The summed E-state index contributed by atoms with van der Waals surface area (Å²) in [5, 5.41) is 11.2. The van der Waals surface area contributed by atoms with Gasteiger partial charge >= 0.3 is 5.97 Å². The van der Waals surface area contributed by atoms with E-state index in [4.69, 9.17) is 5.11 Å². The number of halogens is 1. The number of carboxylic acid groups (broad SMARTS) is 1. The number of aromatic carboxylic acids is 1. The fourth-order valence-electron chi connectivity index (χ4n) is 2.06. The second-order valence-electron chi connectivity index (χ2n) is 4.52. The number of amides is 1. The molecular formula is C14H14FNO3. The first-order valence-corrected chi connectivity index (χ1v) is 6.05. The molecule has 1 amide bonds. The van der Waals surface area contributed by atoms with E-state index in [0.717, 1.165) is 31.0 Å². The molecule has 1 aromatic carbocycles. The molecule has 0 saturated carbocycles. The number of benzene rings is 1. The SMILES string of the molecule is O=C(C[C@@H]1C=CCC1)Nc1cc(C(=O)O)ccc1F. The molecule has 0 aromatic heterocycles. The number of allylic oxidation sites excluding steroid dienone is 2. The standard InChI is InChI=1S/C14H14FNO3/c15-11-6-5-10(14(18)19)8-12(11)16-13(17)7-9-3-1-2-4-9/h1,3,5-6,8-9H,2,4,7H2,(H,16,17)(H,18,19)/t9-/m1/s1. The minimum absolute atomic E-state index is 0.0579. The average Bonchev–Trinajstić information content (AvgIpc) is 2.84. The van der Waals surface area contributed by atoms with Crippen molar-refractivity contribution in [2.75, 3.05) is 5.32 Å². The summed E-state index contributed by atoms with van der Waals surface area (Å²) < 4.78 is 13.5. The minimum Gasteiger partial charge on any atom is -0.478 e. The van der Waals surface area contributed by atoms with Crippen LogP contribution in [0.1, 0.15) is 29.6 Å². The Balaban J connectivity index is 2.05. The van der Waals surface area contributed by atoms with Crippen LogP contribution in [-0.4, -0.2) is 17.0 Å². The lowest BCUT2D eigenvalue weighted by molar-refractivity contribution is -0.116. The van der Waals surface area contributed by atoms with Crippen molar-refractivity contribution >= 4 is 17.6 Å². The van der Waals surface area contributed by atoms with Gasteiger partial charge in [0.25, 0.3) is 0 Å². The Bertz CT molecular complexity index is 539. The molecule has 19 heavy (non-hydrogen) atoms. The number of carbonyl (C=O) groups excluding carboxylic acids is 1. The highest BCUT2D eigenvalue weighted by atomic mass is 19.1. The molecule has 1 aliphatic rings. The van der Waals surface area contributed by atoms with E-state index < -0.39 is 11.8 Å². The molecule has 100 valence electrons. The topological polar surface area (TPSA) is 66.4 Å². The highest BCUT2D eigenvalue weighted by Crippen LogP contribution is 2.22. The molecule has 0 saturated heterocycles. The molecule has 2 rings (SSSR count). The Morgan fingerprint density at radius 2 is 2.21 bits per heavy atom. The van der Waals surface area contributed by atoms with Gasteiger partial charge in [0.15, 0.2) is 0 Å². The zero-order valence-corrected chi connectivity index (χ0v) is 10.2. The van der Waals surface area contributed by atoms with Gasteiger partial charge in [-0.2, -0.15) is 0 Å². The third kappa shape index (κ3) is 3.40. The van der Waals surface area contributed by atoms with Gasteiger partial charge in [0.2, 0.25) is 5.91 Å². The lowest BCUT2D eigenvalue weighted by atomic mass is 10.0. The molecular weight excluding hydrogens is 249 g/mol. The van der Waals surface area contributed by atoms with E-state index in [1.54, 1.807) is 0 Å². The fraction of sp³-hybridized carbons (Fsp3) is 0.286. The van der Waals surface area contributed by atoms with Gasteiger partial charge in [-0.1, -0.05) is 12.2 Å². The highest BCUT2D eigenvalue weighted by Gasteiger charge is 2.16. The number of rotatable bonds is 4. The molecule has 4 nitrogen and oxygen atoms in total. The van der Waals surface area contributed by atoms with Gasteiger partial charge in [0.1, 0.15) is 5.82 Å². The number of anilines is 1. The van der Waals surface area contributed by atoms with Gasteiger partial charge in [-0.25, -0.2) is 9.18 Å². The Hall–Kier alpha value is -2.17. The van der Waals surface area contributed by atoms with E-state index in [1.165, 1.54) is 0 Å². The van der Waals surface area contributed by atoms with Crippen LogP contribution >= 0.6 is 0 Å². The predicted molar refractivity (Wildman–Crippen MR) is 68.5 cm³/mol. The molecule has 0 bridgehead atoms. The fourth-order valence-corrected chi connectivity index (χ4v) is 2.06. The van der Waals surface area contributed by atoms with Crippen molar-refractivity contribution < 1.29 is 19.1 Å². The quantitative estimate of drug-likeness (QED) is 0.821. The van der Waals surface area contributed by atoms with Gasteiger partial charge in [0.05, 0.1) is 11.3 Å². The van der Waals surface area contributed by atoms with Crippen LogP contribution in [0.15, 0.2) is 30.4 Å². The van der Waals surface area contributed by atoms with Gasteiger partial charge in [0, 0.05) is 6.42 Å². The van der Waals surface area contributed by atoms with Crippen LogP contribution in [0.5, 0.6) is 0 Å². The van der Waals surface area contributed by atoms with E-state index in [2.05, 4.69) is 5.32 Å². The molecule has 0 fully saturated rings. The molecule has 0 unspecified atom stereocenters. The van der Waals surface area contributed by atoms with Crippen molar-refractivity contribution in [2.24, 2.45) is 5.92 Å². The van der Waals surface area contributed by atoms with Crippen molar-refractivity contribution in [1.29, 1.82) is 0 Å². The first kappa shape index (κ1) is 13.3. The maximum absolute atomic E-state index is 13.5. The van der Waals surface area contributed by atoms with Crippen LogP contribution in [0, 0.1) is 11.7 Å². The molecule has 1 atom stereocenters. The molecule has 0 heterocycles.